The second kappa shape index (κ2) is 12.5. The van der Waals surface area contributed by atoms with E-state index in [0.717, 1.165) is 49.3 Å². The number of ether oxygens (including phenoxy) is 3. The smallest absolute Gasteiger partial charge is 0.191 e. The third-order valence-corrected chi connectivity index (χ3v) is 4.95. The Bertz CT molecular complexity index is 826. The molecule has 7 nitrogen and oxygen atoms in total. The van der Waals surface area contributed by atoms with Gasteiger partial charge in [-0.1, -0.05) is 18.2 Å². The zero-order chi connectivity index (χ0) is 20.5. The fourth-order valence-electron chi connectivity index (χ4n) is 3.35. The van der Waals surface area contributed by atoms with Crippen LogP contribution in [0.1, 0.15) is 11.1 Å². The number of para-hydroxylation sites is 1. The lowest BCUT2D eigenvalue weighted by Crippen LogP contribution is -2.39. The van der Waals surface area contributed by atoms with Crippen molar-refractivity contribution < 1.29 is 14.2 Å². The number of guanidine groups is 1. The Hall–Kier alpha value is -2.20. The van der Waals surface area contributed by atoms with Gasteiger partial charge in [-0.15, -0.1) is 24.0 Å². The number of hydrogen-bond donors (Lipinski definition) is 2. The number of rotatable bonds is 7. The Balaban J connectivity index is 0.00000320. The van der Waals surface area contributed by atoms with Crippen LogP contribution in [0.4, 0.5) is 5.69 Å². The van der Waals surface area contributed by atoms with Crippen LogP contribution < -0.4 is 25.0 Å². The molecule has 0 amide bonds. The normalized spacial score (nSPS) is 14.0. The number of halogens is 1. The molecule has 0 spiro atoms. The summed E-state index contributed by atoms with van der Waals surface area (Å²) in [7, 11) is 5.08. The van der Waals surface area contributed by atoms with Crippen LogP contribution in [0.25, 0.3) is 0 Å². The number of methoxy groups -OCH3 is 2. The topological polar surface area (TPSA) is 67.4 Å². The van der Waals surface area contributed by atoms with Crippen LogP contribution in [0.15, 0.2) is 47.5 Å². The average Bonchev–Trinajstić information content (AvgIpc) is 2.80. The Morgan fingerprint density at radius 1 is 1.00 bits per heavy atom. The fourth-order valence-corrected chi connectivity index (χ4v) is 3.35. The van der Waals surface area contributed by atoms with Gasteiger partial charge in [0.1, 0.15) is 11.5 Å². The maximum absolute atomic E-state index is 5.48. The predicted molar refractivity (Wildman–Crippen MR) is 131 cm³/mol. The number of anilines is 1. The van der Waals surface area contributed by atoms with Crippen LogP contribution in [0.2, 0.25) is 0 Å². The van der Waals surface area contributed by atoms with E-state index < -0.39 is 0 Å². The molecule has 2 N–H and O–H groups in total. The van der Waals surface area contributed by atoms with Gasteiger partial charge in [0.25, 0.3) is 0 Å². The van der Waals surface area contributed by atoms with E-state index in [0.29, 0.717) is 13.1 Å². The van der Waals surface area contributed by atoms with Crippen molar-refractivity contribution in [1.82, 2.24) is 10.6 Å². The molecular weight excluding hydrogens is 495 g/mol. The monoisotopic (exact) mass is 526 g/mol. The van der Waals surface area contributed by atoms with Crippen LogP contribution >= 0.6 is 24.0 Å². The Morgan fingerprint density at radius 3 is 2.37 bits per heavy atom. The first-order chi connectivity index (χ1) is 14.2. The molecule has 1 aliphatic heterocycles. The lowest BCUT2D eigenvalue weighted by Gasteiger charge is -2.30. The van der Waals surface area contributed by atoms with Crippen molar-refractivity contribution in [2.75, 3.05) is 52.5 Å². The molecule has 0 aliphatic carbocycles. The molecule has 0 radical (unpaired) electrons. The van der Waals surface area contributed by atoms with Gasteiger partial charge in [0.05, 0.1) is 27.4 Å². The first kappa shape index (κ1) is 24.1. The van der Waals surface area contributed by atoms with E-state index >= 15 is 0 Å². The van der Waals surface area contributed by atoms with E-state index in [4.69, 9.17) is 14.2 Å². The molecule has 2 aromatic rings. The van der Waals surface area contributed by atoms with Gasteiger partial charge in [0.15, 0.2) is 5.96 Å². The van der Waals surface area contributed by atoms with Crippen molar-refractivity contribution in [3.63, 3.8) is 0 Å². The number of morpholine rings is 1. The maximum Gasteiger partial charge on any atom is 0.191 e. The van der Waals surface area contributed by atoms with Gasteiger partial charge in [-0.25, -0.2) is 0 Å². The molecule has 0 aromatic heterocycles. The van der Waals surface area contributed by atoms with E-state index in [9.17, 15) is 0 Å². The third kappa shape index (κ3) is 6.40. The number of nitrogens with zero attached hydrogens (tertiary/aromatic N) is 2. The maximum atomic E-state index is 5.48. The fraction of sp³-hybridized carbons (Fsp3) is 0.409. The standard InChI is InChI=1S/C22H30N4O3.HI/c1-23-22(25-16-18-8-9-19(27-2)14-21(18)28-3)24-15-17-6-4-5-7-20(17)26-10-12-29-13-11-26;/h4-9,14H,10-13,15-16H2,1-3H3,(H2,23,24,25);1H. The zero-order valence-electron chi connectivity index (χ0n) is 17.8. The largest absolute Gasteiger partial charge is 0.497 e. The van der Waals surface area contributed by atoms with Gasteiger partial charge < -0.3 is 29.7 Å². The van der Waals surface area contributed by atoms with Crippen LogP contribution in [-0.2, 0) is 17.8 Å². The highest BCUT2D eigenvalue weighted by Gasteiger charge is 2.14. The summed E-state index contributed by atoms with van der Waals surface area (Å²) in [5, 5.41) is 6.76. The predicted octanol–water partition coefficient (Wildman–Crippen LogP) is 3.02. The summed E-state index contributed by atoms with van der Waals surface area (Å²) in [5.41, 5.74) is 3.51. The van der Waals surface area contributed by atoms with E-state index in [1.165, 1.54) is 11.3 Å². The number of aliphatic imine (C=N–C) groups is 1. The summed E-state index contributed by atoms with van der Waals surface area (Å²) in [5.74, 6) is 2.29. The molecular formula is C22H31IN4O3. The average molecular weight is 526 g/mol. The van der Waals surface area contributed by atoms with E-state index in [2.05, 4.69) is 44.8 Å². The summed E-state index contributed by atoms with van der Waals surface area (Å²) < 4.78 is 16.2. The Labute approximate surface area is 195 Å². The number of benzene rings is 2. The molecule has 2 aromatic carbocycles. The van der Waals surface area contributed by atoms with Gasteiger partial charge in [-0.3, -0.25) is 4.99 Å². The zero-order valence-corrected chi connectivity index (χ0v) is 20.1. The molecule has 0 bridgehead atoms. The summed E-state index contributed by atoms with van der Waals surface area (Å²) >= 11 is 0. The van der Waals surface area contributed by atoms with Crippen molar-refractivity contribution >= 4 is 35.6 Å². The van der Waals surface area contributed by atoms with Crippen molar-refractivity contribution in [2.45, 2.75) is 13.1 Å². The molecule has 1 aliphatic rings. The van der Waals surface area contributed by atoms with Gasteiger partial charge in [-0.05, 0) is 23.8 Å². The molecule has 30 heavy (non-hydrogen) atoms. The number of hydrogen-bond acceptors (Lipinski definition) is 5. The van der Waals surface area contributed by atoms with Gasteiger partial charge in [0, 0.05) is 50.5 Å². The molecule has 1 fully saturated rings. The second-order valence-corrected chi connectivity index (χ2v) is 6.69. The molecule has 1 saturated heterocycles. The minimum Gasteiger partial charge on any atom is -0.497 e. The van der Waals surface area contributed by atoms with Crippen molar-refractivity contribution in [2.24, 2.45) is 4.99 Å². The summed E-state index contributed by atoms with van der Waals surface area (Å²) in [6, 6.07) is 14.3. The Kier molecular flexibility index (Phi) is 10.0. The molecule has 1 heterocycles. The van der Waals surface area contributed by atoms with E-state index in [-0.39, 0.29) is 24.0 Å². The highest BCUT2D eigenvalue weighted by atomic mass is 127. The molecule has 3 rings (SSSR count). The molecule has 164 valence electrons. The molecule has 0 saturated carbocycles. The SMILES string of the molecule is CN=C(NCc1ccc(OC)cc1OC)NCc1ccccc1N1CCOCC1.I. The molecule has 8 heteroatoms. The minimum absolute atomic E-state index is 0. The highest BCUT2D eigenvalue weighted by molar-refractivity contribution is 14.0. The van der Waals surface area contributed by atoms with Crippen LogP contribution in [0.5, 0.6) is 11.5 Å². The van der Waals surface area contributed by atoms with Crippen LogP contribution in [-0.4, -0.2) is 53.5 Å². The number of nitrogens with one attached hydrogen (secondary N) is 2. The quantitative estimate of drug-likeness (QED) is 0.329. The van der Waals surface area contributed by atoms with Crippen LogP contribution in [0.3, 0.4) is 0 Å². The van der Waals surface area contributed by atoms with Gasteiger partial charge in [0.2, 0.25) is 0 Å². The van der Waals surface area contributed by atoms with Crippen LogP contribution in [0, 0.1) is 0 Å². The first-order valence-electron chi connectivity index (χ1n) is 9.81. The van der Waals surface area contributed by atoms with Crippen molar-refractivity contribution in [3.8, 4) is 11.5 Å². The Morgan fingerprint density at radius 2 is 1.70 bits per heavy atom. The minimum atomic E-state index is 0. The first-order valence-corrected chi connectivity index (χ1v) is 9.81. The van der Waals surface area contributed by atoms with Gasteiger partial charge in [-0.2, -0.15) is 0 Å². The lowest BCUT2D eigenvalue weighted by atomic mass is 10.1. The molecule has 0 unspecified atom stereocenters. The molecule has 0 atom stereocenters. The van der Waals surface area contributed by atoms with Crippen molar-refractivity contribution in [3.05, 3.63) is 53.6 Å². The van der Waals surface area contributed by atoms with Crippen molar-refractivity contribution in [1.29, 1.82) is 0 Å². The van der Waals surface area contributed by atoms with E-state index in [1.54, 1.807) is 21.3 Å². The summed E-state index contributed by atoms with van der Waals surface area (Å²) in [4.78, 5) is 6.72. The highest BCUT2D eigenvalue weighted by Crippen LogP contribution is 2.24. The van der Waals surface area contributed by atoms with E-state index in [1.807, 2.05) is 18.2 Å². The summed E-state index contributed by atoms with van der Waals surface area (Å²) in [6.07, 6.45) is 0. The second-order valence-electron chi connectivity index (χ2n) is 6.69. The van der Waals surface area contributed by atoms with Gasteiger partial charge >= 0.3 is 0 Å². The third-order valence-electron chi connectivity index (χ3n) is 4.95. The lowest BCUT2D eigenvalue weighted by molar-refractivity contribution is 0.122. The summed E-state index contributed by atoms with van der Waals surface area (Å²) in [6.45, 7) is 4.66.